The van der Waals surface area contributed by atoms with Crippen LogP contribution in [0.15, 0.2) is 40.4 Å². The van der Waals surface area contributed by atoms with Gasteiger partial charge in [-0.15, -0.1) is 11.3 Å². The van der Waals surface area contributed by atoms with Gasteiger partial charge in [0.25, 0.3) is 0 Å². The van der Waals surface area contributed by atoms with Gasteiger partial charge in [-0.3, -0.25) is 4.98 Å². The van der Waals surface area contributed by atoms with Gasteiger partial charge >= 0.3 is 0 Å². The van der Waals surface area contributed by atoms with Crippen molar-refractivity contribution in [1.82, 2.24) is 10.3 Å². The van der Waals surface area contributed by atoms with Crippen molar-refractivity contribution in [2.45, 2.75) is 12.5 Å². The molecule has 0 saturated heterocycles. The van der Waals surface area contributed by atoms with Gasteiger partial charge in [0.2, 0.25) is 0 Å². The molecule has 0 saturated carbocycles. The van der Waals surface area contributed by atoms with Gasteiger partial charge in [-0.25, -0.2) is 0 Å². The largest absolute Gasteiger partial charge is 0.313 e. The summed E-state index contributed by atoms with van der Waals surface area (Å²) in [6.07, 6.45) is 4.69. The van der Waals surface area contributed by atoms with E-state index in [9.17, 15) is 0 Å². The molecule has 0 aromatic carbocycles. The van der Waals surface area contributed by atoms with Crippen LogP contribution in [0.4, 0.5) is 0 Å². The van der Waals surface area contributed by atoms with Crippen LogP contribution in [-0.4, -0.2) is 12.0 Å². The Morgan fingerprint density at radius 2 is 2.06 bits per heavy atom. The maximum Gasteiger partial charge on any atom is 0.0701 e. The summed E-state index contributed by atoms with van der Waals surface area (Å²) in [6, 6.07) is 8.74. The molecule has 0 fully saturated rings. The summed E-state index contributed by atoms with van der Waals surface area (Å²) in [6.45, 7) is 0. The third kappa shape index (κ3) is 2.90. The second-order valence-electron chi connectivity index (χ2n) is 3.53. The monoisotopic (exact) mass is 296 g/mol. The first-order valence-corrected chi connectivity index (χ1v) is 6.72. The summed E-state index contributed by atoms with van der Waals surface area (Å²) in [5.41, 5.74) is 1.28. The maximum absolute atomic E-state index is 4.04. The fourth-order valence-corrected chi connectivity index (χ4v) is 3.17. The molecule has 0 aliphatic rings. The molecular formula is C12H13BrN2S. The average molecular weight is 297 g/mol. The predicted octanol–water partition coefficient (Wildman–Crippen LogP) is 3.41. The fourth-order valence-electron chi connectivity index (χ4n) is 1.64. The number of halogens is 1. The molecule has 2 aromatic heterocycles. The standard InChI is InChI=1S/C12H13BrN2S/c1-14-11(9-4-6-15-7-5-9)8-10-2-3-12(13)16-10/h2-7,11,14H,8H2,1H3. The van der Waals surface area contributed by atoms with E-state index in [0.717, 1.165) is 6.42 Å². The fraction of sp³-hybridized carbons (Fsp3) is 0.250. The molecule has 0 radical (unpaired) electrons. The molecule has 1 atom stereocenters. The van der Waals surface area contributed by atoms with Crippen LogP contribution in [0.3, 0.4) is 0 Å². The molecule has 1 N–H and O–H groups in total. The Morgan fingerprint density at radius 3 is 2.62 bits per heavy atom. The smallest absolute Gasteiger partial charge is 0.0701 e. The summed E-state index contributed by atoms with van der Waals surface area (Å²) in [5, 5.41) is 3.34. The Hall–Kier alpha value is -0.710. The molecule has 2 aromatic rings. The number of hydrogen-bond donors (Lipinski definition) is 1. The Kier molecular flexibility index (Phi) is 4.09. The Labute approximate surface area is 108 Å². The lowest BCUT2D eigenvalue weighted by molar-refractivity contribution is 0.596. The quantitative estimate of drug-likeness (QED) is 0.935. The van der Waals surface area contributed by atoms with E-state index in [1.54, 1.807) is 11.3 Å². The molecule has 0 amide bonds. The van der Waals surface area contributed by atoms with Gasteiger partial charge in [0.05, 0.1) is 3.79 Å². The van der Waals surface area contributed by atoms with Gasteiger partial charge < -0.3 is 5.32 Å². The first-order valence-electron chi connectivity index (χ1n) is 5.11. The van der Waals surface area contributed by atoms with Crippen LogP contribution in [0.1, 0.15) is 16.5 Å². The van der Waals surface area contributed by atoms with Gasteiger partial charge in [0, 0.05) is 29.7 Å². The van der Waals surface area contributed by atoms with Crippen molar-refractivity contribution in [3.8, 4) is 0 Å². The second-order valence-corrected chi connectivity index (χ2v) is 6.08. The molecular weight excluding hydrogens is 284 g/mol. The van der Waals surface area contributed by atoms with E-state index in [1.165, 1.54) is 14.2 Å². The van der Waals surface area contributed by atoms with Gasteiger partial charge in [-0.05, 0) is 52.8 Å². The third-order valence-corrected chi connectivity index (χ3v) is 4.14. The normalized spacial score (nSPS) is 12.6. The summed E-state index contributed by atoms with van der Waals surface area (Å²) < 4.78 is 1.19. The zero-order valence-corrected chi connectivity index (χ0v) is 11.4. The maximum atomic E-state index is 4.04. The Bertz CT molecular complexity index is 441. The van der Waals surface area contributed by atoms with E-state index in [4.69, 9.17) is 0 Å². The SMILES string of the molecule is CNC(Cc1ccc(Br)s1)c1ccncc1. The first kappa shape index (κ1) is 11.8. The number of hydrogen-bond acceptors (Lipinski definition) is 3. The molecule has 2 rings (SSSR count). The van der Waals surface area contributed by atoms with Crippen LogP contribution < -0.4 is 5.32 Å². The van der Waals surface area contributed by atoms with Crippen LogP contribution in [0.5, 0.6) is 0 Å². The zero-order valence-electron chi connectivity index (χ0n) is 8.98. The number of aromatic nitrogens is 1. The number of nitrogens with zero attached hydrogens (tertiary/aromatic N) is 1. The van der Waals surface area contributed by atoms with Crippen molar-refractivity contribution in [3.05, 3.63) is 50.9 Å². The number of nitrogens with one attached hydrogen (secondary N) is 1. The molecule has 0 spiro atoms. The number of likely N-dealkylation sites (N-methyl/N-ethyl adjacent to an activating group) is 1. The van der Waals surface area contributed by atoms with E-state index in [1.807, 2.05) is 19.4 Å². The van der Waals surface area contributed by atoms with Crippen molar-refractivity contribution in [1.29, 1.82) is 0 Å². The minimum absolute atomic E-state index is 0.355. The molecule has 0 bridgehead atoms. The third-order valence-electron chi connectivity index (χ3n) is 2.49. The van der Waals surface area contributed by atoms with Crippen molar-refractivity contribution >= 4 is 27.3 Å². The van der Waals surface area contributed by atoms with Crippen molar-refractivity contribution < 1.29 is 0 Å². The minimum atomic E-state index is 0.355. The molecule has 2 nitrogen and oxygen atoms in total. The van der Waals surface area contributed by atoms with Gasteiger partial charge in [-0.1, -0.05) is 0 Å². The summed E-state index contributed by atoms with van der Waals surface area (Å²) >= 11 is 5.28. The van der Waals surface area contributed by atoms with E-state index < -0.39 is 0 Å². The number of rotatable bonds is 4. The van der Waals surface area contributed by atoms with Crippen molar-refractivity contribution in [3.63, 3.8) is 0 Å². The highest BCUT2D eigenvalue weighted by Crippen LogP contribution is 2.26. The molecule has 16 heavy (non-hydrogen) atoms. The van der Waals surface area contributed by atoms with Gasteiger partial charge in [0.15, 0.2) is 0 Å². The van der Waals surface area contributed by atoms with Crippen LogP contribution in [0.2, 0.25) is 0 Å². The molecule has 0 aliphatic carbocycles. The van der Waals surface area contributed by atoms with Crippen LogP contribution >= 0.6 is 27.3 Å². The number of thiophene rings is 1. The summed E-state index contributed by atoms with van der Waals surface area (Å²) in [7, 11) is 1.99. The van der Waals surface area contributed by atoms with Crippen molar-refractivity contribution in [2.75, 3.05) is 7.05 Å². The predicted molar refractivity (Wildman–Crippen MR) is 71.8 cm³/mol. The second kappa shape index (κ2) is 5.57. The van der Waals surface area contributed by atoms with Crippen LogP contribution in [-0.2, 0) is 6.42 Å². The van der Waals surface area contributed by atoms with Gasteiger partial charge in [-0.2, -0.15) is 0 Å². The summed E-state index contributed by atoms with van der Waals surface area (Å²) in [4.78, 5) is 5.42. The average Bonchev–Trinajstić information content (AvgIpc) is 2.73. The lowest BCUT2D eigenvalue weighted by Crippen LogP contribution is -2.18. The first-order chi connectivity index (χ1) is 7.79. The lowest BCUT2D eigenvalue weighted by atomic mass is 10.0. The minimum Gasteiger partial charge on any atom is -0.313 e. The van der Waals surface area contributed by atoms with Crippen LogP contribution in [0.25, 0.3) is 0 Å². The van der Waals surface area contributed by atoms with Crippen molar-refractivity contribution in [2.24, 2.45) is 0 Å². The molecule has 1 unspecified atom stereocenters. The molecule has 84 valence electrons. The van der Waals surface area contributed by atoms with Gasteiger partial charge in [0.1, 0.15) is 0 Å². The number of pyridine rings is 1. The molecule has 2 heterocycles. The topological polar surface area (TPSA) is 24.9 Å². The van der Waals surface area contributed by atoms with E-state index in [-0.39, 0.29) is 0 Å². The summed E-state index contributed by atoms with van der Waals surface area (Å²) in [5.74, 6) is 0. The van der Waals surface area contributed by atoms with E-state index in [2.05, 4.69) is 50.5 Å². The van der Waals surface area contributed by atoms with E-state index >= 15 is 0 Å². The highest BCUT2D eigenvalue weighted by atomic mass is 79.9. The Balaban J connectivity index is 2.12. The highest BCUT2D eigenvalue weighted by molar-refractivity contribution is 9.11. The van der Waals surface area contributed by atoms with Crippen LogP contribution in [0, 0.1) is 0 Å². The highest BCUT2D eigenvalue weighted by Gasteiger charge is 2.10. The Morgan fingerprint density at radius 1 is 1.31 bits per heavy atom. The zero-order chi connectivity index (χ0) is 11.4. The van der Waals surface area contributed by atoms with E-state index in [0.29, 0.717) is 6.04 Å². The lowest BCUT2D eigenvalue weighted by Gasteiger charge is -2.15. The molecule has 4 heteroatoms. The molecule has 0 aliphatic heterocycles.